The van der Waals surface area contributed by atoms with E-state index in [1.165, 1.54) is 23.5 Å². The maximum atomic E-state index is 12.8. The molecule has 1 atom stereocenters. The molecule has 2 heterocycles. The first-order valence-electron chi connectivity index (χ1n) is 8.07. The Balaban J connectivity index is 1.75. The molecule has 4 rings (SSSR count). The summed E-state index contributed by atoms with van der Waals surface area (Å²) in [6, 6.07) is 14.8. The Morgan fingerprint density at radius 2 is 1.69 bits per heavy atom. The molecule has 26 heavy (non-hydrogen) atoms. The molecule has 0 saturated carbocycles. The Labute approximate surface area is 152 Å². The van der Waals surface area contributed by atoms with Crippen molar-refractivity contribution in [2.24, 2.45) is 0 Å². The van der Waals surface area contributed by atoms with Crippen molar-refractivity contribution >= 4 is 22.9 Å². The first kappa shape index (κ1) is 16.8. The Morgan fingerprint density at radius 3 is 2.35 bits per heavy atom. The summed E-state index contributed by atoms with van der Waals surface area (Å²) < 4.78 is 38.4. The minimum atomic E-state index is -4.36. The predicted molar refractivity (Wildman–Crippen MR) is 96.3 cm³/mol. The van der Waals surface area contributed by atoms with Crippen LogP contribution >= 0.6 is 11.3 Å². The van der Waals surface area contributed by atoms with Gasteiger partial charge in [-0.05, 0) is 23.3 Å². The van der Waals surface area contributed by atoms with Gasteiger partial charge in [0.25, 0.3) is 0 Å². The van der Waals surface area contributed by atoms with Crippen molar-refractivity contribution in [3.05, 3.63) is 76.0 Å². The molecule has 2 nitrogen and oxygen atoms in total. The number of alkyl halides is 3. The molecule has 0 aliphatic carbocycles. The Kier molecular flexibility index (Phi) is 4.07. The smallest absolute Gasteiger partial charge is 0.325 e. The maximum absolute atomic E-state index is 12.8. The maximum Gasteiger partial charge on any atom is 0.416 e. The summed E-state index contributed by atoms with van der Waals surface area (Å²) in [5.41, 5.74) is 2.74. The second-order valence-electron chi connectivity index (χ2n) is 6.18. The van der Waals surface area contributed by atoms with Crippen LogP contribution in [0.25, 0.3) is 11.1 Å². The second-order valence-corrected chi connectivity index (χ2v) is 7.09. The van der Waals surface area contributed by atoms with Crippen LogP contribution in [0.3, 0.4) is 0 Å². The van der Waals surface area contributed by atoms with Crippen LogP contribution in [-0.2, 0) is 11.0 Å². The molecule has 132 valence electrons. The summed E-state index contributed by atoms with van der Waals surface area (Å²) >= 11 is 1.52. The normalized spacial score (nSPS) is 16.9. The molecule has 2 aromatic carbocycles. The van der Waals surface area contributed by atoms with Gasteiger partial charge in [-0.15, -0.1) is 11.3 Å². The number of benzene rings is 2. The van der Waals surface area contributed by atoms with Gasteiger partial charge in [0, 0.05) is 28.2 Å². The topological polar surface area (TPSA) is 29.1 Å². The molecular weight excluding hydrogens is 359 g/mol. The van der Waals surface area contributed by atoms with E-state index in [4.69, 9.17) is 0 Å². The summed E-state index contributed by atoms with van der Waals surface area (Å²) in [5, 5.41) is 4.92. The number of thiophene rings is 1. The number of halogens is 3. The van der Waals surface area contributed by atoms with Gasteiger partial charge in [-0.3, -0.25) is 4.79 Å². The van der Waals surface area contributed by atoms with Gasteiger partial charge in [-0.1, -0.05) is 42.5 Å². The Morgan fingerprint density at radius 1 is 1.00 bits per heavy atom. The van der Waals surface area contributed by atoms with Gasteiger partial charge in [0.05, 0.1) is 11.3 Å². The van der Waals surface area contributed by atoms with E-state index in [-0.39, 0.29) is 18.2 Å². The average molecular weight is 373 g/mol. The van der Waals surface area contributed by atoms with Crippen molar-refractivity contribution in [3.63, 3.8) is 0 Å². The van der Waals surface area contributed by atoms with E-state index in [0.29, 0.717) is 0 Å². The number of hydrogen-bond donors (Lipinski definition) is 1. The number of rotatable bonds is 2. The summed E-state index contributed by atoms with van der Waals surface area (Å²) in [7, 11) is 0. The molecule has 1 aliphatic rings. The quantitative estimate of drug-likeness (QED) is 0.595. The lowest BCUT2D eigenvalue weighted by molar-refractivity contribution is -0.137. The van der Waals surface area contributed by atoms with Crippen LogP contribution < -0.4 is 5.32 Å². The van der Waals surface area contributed by atoms with Crippen LogP contribution in [0.4, 0.5) is 18.9 Å². The standard InChI is InChI=1S/C20H14F3NOS/c21-20(22,23)14-8-6-13(7-9-14)15-10-17(25)24-18-16(11-26-19(15)18)12-4-2-1-3-5-12/h1-9,11,15H,10H2,(H,24,25)/t15-/m1/s1. The highest BCUT2D eigenvalue weighted by atomic mass is 32.1. The second kappa shape index (κ2) is 6.29. The van der Waals surface area contributed by atoms with Crippen LogP contribution in [0.1, 0.15) is 28.3 Å². The Hall–Kier alpha value is -2.60. The fourth-order valence-electron chi connectivity index (χ4n) is 3.23. The molecule has 0 fully saturated rings. The summed E-state index contributed by atoms with van der Waals surface area (Å²) in [6.07, 6.45) is -4.13. The van der Waals surface area contributed by atoms with Crippen LogP contribution in [0.5, 0.6) is 0 Å². The number of fused-ring (bicyclic) bond motifs is 1. The third kappa shape index (κ3) is 3.01. The first-order chi connectivity index (χ1) is 12.4. The molecule has 0 spiro atoms. The van der Waals surface area contributed by atoms with Gasteiger partial charge < -0.3 is 5.32 Å². The predicted octanol–water partition coefficient (Wildman–Crippen LogP) is 5.91. The van der Waals surface area contributed by atoms with Gasteiger partial charge in [0.15, 0.2) is 0 Å². The number of hydrogen-bond acceptors (Lipinski definition) is 2. The van der Waals surface area contributed by atoms with Crippen LogP contribution in [-0.4, -0.2) is 5.91 Å². The molecule has 3 aromatic rings. The molecule has 0 radical (unpaired) electrons. The van der Waals surface area contributed by atoms with Gasteiger partial charge >= 0.3 is 6.18 Å². The lowest BCUT2D eigenvalue weighted by atomic mass is 9.88. The molecule has 0 unspecified atom stereocenters. The van der Waals surface area contributed by atoms with Crippen molar-refractivity contribution in [2.45, 2.75) is 18.5 Å². The van der Waals surface area contributed by atoms with Crippen molar-refractivity contribution in [1.82, 2.24) is 0 Å². The highest BCUT2D eigenvalue weighted by Crippen LogP contribution is 2.46. The fraction of sp³-hybridized carbons (Fsp3) is 0.150. The highest BCUT2D eigenvalue weighted by molar-refractivity contribution is 7.11. The van der Waals surface area contributed by atoms with E-state index in [9.17, 15) is 18.0 Å². The lowest BCUT2D eigenvalue weighted by Crippen LogP contribution is -2.22. The monoisotopic (exact) mass is 373 g/mol. The minimum Gasteiger partial charge on any atom is -0.325 e. The number of anilines is 1. The summed E-state index contributed by atoms with van der Waals surface area (Å²) in [6.45, 7) is 0. The van der Waals surface area contributed by atoms with Crippen molar-refractivity contribution in [2.75, 3.05) is 5.32 Å². The number of carbonyl (C=O) groups excluding carboxylic acids is 1. The first-order valence-corrected chi connectivity index (χ1v) is 8.95. The van der Waals surface area contributed by atoms with Crippen molar-refractivity contribution in [3.8, 4) is 11.1 Å². The van der Waals surface area contributed by atoms with Crippen LogP contribution in [0.15, 0.2) is 60.0 Å². The van der Waals surface area contributed by atoms with E-state index < -0.39 is 11.7 Å². The summed E-state index contributed by atoms with van der Waals surface area (Å²) in [4.78, 5) is 13.2. The third-order valence-electron chi connectivity index (χ3n) is 4.52. The lowest BCUT2D eigenvalue weighted by Gasteiger charge is -2.24. The van der Waals surface area contributed by atoms with Gasteiger partial charge in [-0.2, -0.15) is 13.2 Å². The fourth-order valence-corrected chi connectivity index (χ4v) is 4.39. The minimum absolute atomic E-state index is 0.127. The van der Waals surface area contributed by atoms with E-state index >= 15 is 0 Å². The molecule has 6 heteroatoms. The molecule has 1 amide bonds. The molecule has 1 N–H and O–H groups in total. The van der Waals surface area contributed by atoms with E-state index in [2.05, 4.69) is 5.32 Å². The zero-order valence-electron chi connectivity index (χ0n) is 13.5. The molecular formula is C20H14F3NOS. The van der Waals surface area contributed by atoms with Gasteiger partial charge in [0.1, 0.15) is 0 Å². The largest absolute Gasteiger partial charge is 0.416 e. The Bertz CT molecular complexity index is 945. The zero-order chi connectivity index (χ0) is 18.3. The van der Waals surface area contributed by atoms with Crippen molar-refractivity contribution in [1.29, 1.82) is 0 Å². The number of nitrogens with one attached hydrogen (secondary N) is 1. The number of carbonyl (C=O) groups is 1. The molecule has 0 bridgehead atoms. The van der Waals surface area contributed by atoms with Crippen LogP contribution in [0.2, 0.25) is 0 Å². The average Bonchev–Trinajstić information content (AvgIpc) is 3.05. The van der Waals surface area contributed by atoms with E-state index in [0.717, 1.165) is 39.4 Å². The van der Waals surface area contributed by atoms with Crippen LogP contribution in [0, 0.1) is 0 Å². The van der Waals surface area contributed by atoms with E-state index in [1.807, 2.05) is 35.7 Å². The highest BCUT2D eigenvalue weighted by Gasteiger charge is 2.33. The zero-order valence-corrected chi connectivity index (χ0v) is 14.3. The molecule has 1 aliphatic heterocycles. The number of amides is 1. The van der Waals surface area contributed by atoms with Crippen molar-refractivity contribution < 1.29 is 18.0 Å². The molecule has 1 aromatic heterocycles. The van der Waals surface area contributed by atoms with Gasteiger partial charge in [0.2, 0.25) is 5.91 Å². The SMILES string of the molecule is O=C1C[C@H](c2ccc(C(F)(F)F)cc2)c2scc(-c3ccccc3)c2N1. The molecule has 0 saturated heterocycles. The van der Waals surface area contributed by atoms with E-state index in [1.54, 1.807) is 0 Å². The van der Waals surface area contributed by atoms with Gasteiger partial charge in [-0.25, -0.2) is 0 Å². The summed E-state index contributed by atoms with van der Waals surface area (Å²) in [5.74, 6) is -0.360. The third-order valence-corrected chi connectivity index (χ3v) is 5.61.